The van der Waals surface area contributed by atoms with Crippen LogP contribution in [0.15, 0.2) is 23.1 Å². The number of aliphatic hydroxyl groups is 1. The number of methoxy groups -OCH3 is 2. The molecule has 1 aromatic carbocycles. The number of hydrogen-bond donors (Lipinski definition) is 1. The maximum absolute atomic E-state index is 13.9. The van der Waals surface area contributed by atoms with E-state index in [-0.39, 0.29) is 10.6 Å². The van der Waals surface area contributed by atoms with E-state index in [4.69, 9.17) is 9.47 Å². The lowest BCUT2D eigenvalue weighted by molar-refractivity contribution is -0.0775. The van der Waals surface area contributed by atoms with Gasteiger partial charge in [0, 0.05) is 13.7 Å². The smallest absolute Gasteiger partial charge is 0.243 e. The van der Waals surface area contributed by atoms with Crippen LogP contribution < -0.4 is 4.74 Å². The van der Waals surface area contributed by atoms with Gasteiger partial charge in [0.25, 0.3) is 0 Å². The normalized spacial score (nSPS) is 31.0. The molecule has 1 aromatic rings. The third kappa shape index (κ3) is 2.71. The minimum absolute atomic E-state index is 0.00491. The van der Waals surface area contributed by atoms with Crippen molar-refractivity contribution in [3.05, 3.63) is 24.0 Å². The first-order valence-electron chi connectivity index (χ1n) is 7.92. The second-order valence-electron chi connectivity index (χ2n) is 6.38. The van der Waals surface area contributed by atoms with E-state index in [0.717, 1.165) is 6.07 Å². The topological polar surface area (TPSA) is 76.1 Å². The minimum Gasteiger partial charge on any atom is -0.494 e. The van der Waals surface area contributed by atoms with Crippen molar-refractivity contribution in [1.82, 2.24) is 4.31 Å². The van der Waals surface area contributed by atoms with Gasteiger partial charge in [-0.15, -0.1) is 0 Å². The third-order valence-electron chi connectivity index (χ3n) is 5.24. The number of hydrogen-bond acceptors (Lipinski definition) is 5. The molecule has 1 heterocycles. The molecule has 0 unspecified atom stereocenters. The van der Waals surface area contributed by atoms with Crippen LogP contribution in [0, 0.1) is 5.82 Å². The molecular formula is C16H22FNO5S. The van der Waals surface area contributed by atoms with Crippen molar-refractivity contribution in [3.8, 4) is 5.75 Å². The maximum Gasteiger partial charge on any atom is 0.243 e. The van der Waals surface area contributed by atoms with Crippen molar-refractivity contribution in [2.45, 2.75) is 48.3 Å². The summed E-state index contributed by atoms with van der Waals surface area (Å²) in [5.41, 5.74) is -0.572. The van der Waals surface area contributed by atoms with E-state index in [1.807, 2.05) is 0 Å². The van der Waals surface area contributed by atoms with Crippen LogP contribution >= 0.6 is 0 Å². The van der Waals surface area contributed by atoms with Crippen molar-refractivity contribution in [1.29, 1.82) is 0 Å². The number of rotatable bonds is 4. The molecule has 1 N–H and O–H groups in total. The Hall–Kier alpha value is -1.22. The number of ether oxygens (including phenoxy) is 2. The number of benzene rings is 1. The fraction of sp³-hybridized carbons (Fsp3) is 0.625. The zero-order chi connectivity index (χ0) is 17.5. The molecular weight excluding hydrogens is 337 g/mol. The molecule has 3 rings (SSSR count). The first-order valence-corrected chi connectivity index (χ1v) is 9.37. The first-order chi connectivity index (χ1) is 11.3. The largest absolute Gasteiger partial charge is 0.494 e. The van der Waals surface area contributed by atoms with Gasteiger partial charge in [0.2, 0.25) is 10.0 Å². The number of sulfonamides is 1. The van der Waals surface area contributed by atoms with Crippen LogP contribution in [0.4, 0.5) is 4.39 Å². The molecule has 1 aliphatic heterocycles. The lowest BCUT2D eigenvalue weighted by atomic mass is 9.79. The lowest BCUT2D eigenvalue weighted by Gasteiger charge is -2.42. The van der Waals surface area contributed by atoms with Crippen molar-refractivity contribution in [2.24, 2.45) is 0 Å². The fourth-order valence-electron chi connectivity index (χ4n) is 3.87. The lowest BCUT2D eigenvalue weighted by Crippen LogP contribution is -2.52. The molecule has 2 aliphatic rings. The van der Waals surface area contributed by atoms with Crippen molar-refractivity contribution in [3.63, 3.8) is 0 Å². The molecule has 0 aromatic heterocycles. The highest BCUT2D eigenvalue weighted by Gasteiger charge is 2.54. The standard InChI is InChI=1S/C16H22FNO5S/c1-22-14-4-3-12(10-13(14)17)24(20,21)18-8-7-16(23-2)6-5-11(19)9-15(16)18/h3-4,10-11,15,19H,5-9H2,1-2H3/t11-,15-,16+/m0/s1. The van der Waals surface area contributed by atoms with Gasteiger partial charge in [-0.25, -0.2) is 12.8 Å². The maximum atomic E-state index is 13.9. The van der Waals surface area contributed by atoms with Crippen LogP contribution in [0.25, 0.3) is 0 Å². The number of fused-ring (bicyclic) bond motifs is 1. The molecule has 8 heteroatoms. The highest BCUT2D eigenvalue weighted by molar-refractivity contribution is 7.89. The summed E-state index contributed by atoms with van der Waals surface area (Å²) in [5.74, 6) is -0.728. The second kappa shape index (κ2) is 6.25. The Bertz CT molecular complexity index is 725. The van der Waals surface area contributed by atoms with Crippen LogP contribution in [-0.2, 0) is 14.8 Å². The Labute approximate surface area is 141 Å². The zero-order valence-electron chi connectivity index (χ0n) is 13.7. The molecule has 6 nitrogen and oxygen atoms in total. The number of halogens is 1. The van der Waals surface area contributed by atoms with Gasteiger partial charge in [-0.3, -0.25) is 0 Å². The van der Waals surface area contributed by atoms with E-state index in [9.17, 15) is 17.9 Å². The van der Waals surface area contributed by atoms with E-state index < -0.39 is 33.6 Å². The van der Waals surface area contributed by atoms with Gasteiger partial charge < -0.3 is 14.6 Å². The summed E-state index contributed by atoms with van der Waals surface area (Å²) in [4.78, 5) is -0.118. The summed E-state index contributed by atoms with van der Waals surface area (Å²) >= 11 is 0. The van der Waals surface area contributed by atoms with Crippen molar-refractivity contribution >= 4 is 10.0 Å². The molecule has 3 atom stereocenters. The predicted molar refractivity (Wildman–Crippen MR) is 84.8 cm³/mol. The van der Waals surface area contributed by atoms with Gasteiger partial charge >= 0.3 is 0 Å². The quantitative estimate of drug-likeness (QED) is 0.882. The van der Waals surface area contributed by atoms with Crippen LogP contribution in [0.2, 0.25) is 0 Å². The first kappa shape index (κ1) is 17.6. The summed E-state index contributed by atoms with van der Waals surface area (Å²) in [5, 5.41) is 9.98. The molecule has 1 aliphatic carbocycles. The molecule has 134 valence electrons. The highest BCUT2D eigenvalue weighted by Crippen LogP contribution is 2.44. The van der Waals surface area contributed by atoms with Gasteiger partial charge in [0.05, 0.1) is 29.8 Å². The van der Waals surface area contributed by atoms with E-state index in [0.29, 0.717) is 32.2 Å². The van der Waals surface area contributed by atoms with E-state index in [1.165, 1.54) is 23.5 Å². The fourth-order valence-corrected chi connectivity index (χ4v) is 5.57. The zero-order valence-corrected chi connectivity index (χ0v) is 14.6. The number of aliphatic hydroxyl groups excluding tert-OH is 1. The summed E-state index contributed by atoms with van der Waals surface area (Å²) in [6, 6.07) is 3.17. The minimum atomic E-state index is -3.88. The highest BCUT2D eigenvalue weighted by atomic mass is 32.2. The van der Waals surface area contributed by atoms with Crippen molar-refractivity contribution in [2.75, 3.05) is 20.8 Å². The molecule has 1 saturated heterocycles. The summed E-state index contributed by atoms with van der Waals surface area (Å²) < 4.78 is 51.7. The molecule has 0 radical (unpaired) electrons. The van der Waals surface area contributed by atoms with Crippen LogP contribution in [0.5, 0.6) is 5.75 Å². The average Bonchev–Trinajstić information content (AvgIpc) is 2.94. The molecule has 1 saturated carbocycles. The molecule has 0 spiro atoms. The number of nitrogens with zero attached hydrogens (tertiary/aromatic N) is 1. The Balaban J connectivity index is 1.96. The van der Waals surface area contributed by atoms with Crippen LogP contribution in [-0.4, -0.2) is 56.3 Å². The van der Waals surface area contributed by atoms with Crippen LogP contribution in [0.3, 0.4) is 0 Å². The summed E-state index contributed by atoms with van der Waals surface area (Å²) in [6.07, 6.45) is 1.54. The molecule has 2 fully saturated rings. The molecule has 0 amide bonds. The third-order valence-corrected chi connectivity index (χ3v) is 7.15. The monoisotopic (exact) mass is 359 g/mol. The predicted octanol–water partition coefficient (Wildman–Crippen LogP) is 1.53. The second-order valence-corrected chi connectivity index (χ2v) is 8.27. The molecule has 0 bridgehead atoms. The Morgan fingerprint density at radius 1 is 1.33 bits per heavy atom. The van der Waals surface area contributed by atoms with Gasteiger partial charge in [-0.05, 0) is 43.9 Å². The summed E-state index contributed by atoms with van der Waals surface area (Å²) in [7, 11) is -0.981. The Morgan fingerprint density at radius 3 is 2.71 bits per heavy atom. The van der Waals surface area contributed by atoms with Crippen LogP contribution in [0.1, 0.15) is 25.7 Å². The average molecular weight is 359 g/mol. The van der Waals surface area contributed by atoms with E-state index in [1.54, 1.807) is 7.11 Å². The summed E-state index contributed by atoms with van der Waals surface area (Å²) in [6.45, 7) is 0.293. The van der Waals surface area contributed by atoms with Gasteiger partial charge in [0.1, 0.15) is 0 Å². The van der Waals surface area contributed by atoms with E-state index in [2.05, 4.69) is 0 Å². The molecule has 24 heavy (non-hydrogen) atoms. The SMILES string of the molecule is COc1ccc(S(=O)(=O)N2CC[C@]3(OC)CC[C@H](O)C[C@H]23)cc1F. The Morgan fingerprint density at radius 2 is 2.08 bits per heavy atom. The van der Waals surface area contributed by atoms with Gasteiger partial charge in [-0.1, -0.05) is 0 Å². The van der Waals surface area contributed by atoms with Gasteiger partial charge in [-0.2, -0.15) is 4.31 Å². The Kier molecular flexibility index (Phi) is 4.59. The van der Waals surface area contributed by atoms with Crippen molar-refractivity contribution < 1.29 is 27.4 Å². The van der Waals surface area contributed by atoms with Gasteiger partial charge in [0.15, 0.2) is 11.6 Å². The van der Waals surface area contributed by atoms with E-state index >= 15 is 0 Å².